The van der Waals surface area contributed by atoms with Crippen molar-refractivity contribution in [1.82, 2.24) is 0 Å². The van der Waals surface area contributed by atoms with E-state index in [2.05, 4.69) is 25.8 Å². The first kappa shape index (κ1) is 14.4. The normalized spacial score (nSPS) is 11.4. The Morgan fingerprint density at radius 3 is 2.69 bits per heavy atom. The van der Waals surface area contributed by atoms with E-state index in [1.807, 2.05) is 6.92 Å². The highest BCUT2D eigenvalue weighted by Gasteiger charge is 2.12. The molecule has 16 heavy (non-hydrogen) atoms. The van der Waals surface area contributed by atoms with Gasteiger partial charge in [-0.05, 0) is 6.42 Å². The summed E-state index contributed by atoms with van der Waals surface area (Å²) in [5.74, 6) is -0.769. The minimum atomic E-state index is -1.03. The molecule has 0 spiro atoms. The number of carbonyl (C=O) groups excluding carboxylic acids is 2. The van der Waals surface area contributed by atoms with Crippen molar-refractivity contribution >= 4 is 12.1 Å². The second-order valence-electron chi connectivity index (χ2n) is 2.84. The van der Waals surface area contributed by atoms with Gasteiger partial charge in [0.2, 0.25) is 6.29 Å². The molecule has 6 heteroatoms. The summed E-state index contributed by atoms with van der Waals surface area (Å²) in [7, 11) is 0. The van der Waals surface area contributed by atoms with Crippen LogP contribution in [0.15, 0.2) is 12.7 Å². The van der Waals surface area contributed by atoms with Gasteiger partial charge in [-0.25, -0.2) is 9.59 Å². The lowest BCUT2D eigenvalue weighted by atomic mass is 10.4. The van der Waals surface area contributed by atoms with Crippen LogP contribution >= 0.6 is 0 Å². The quantitative estimate of drug-likeness (QED) is 0.167. The van der Waals surface area contributed by atoms with Gasteiger partial charge in [0.05, 0.1) is 6.61 Å². The average molecular weight is 232 g/mol. The molecular formula is C10H16O6. The third-order valence-corrected chi connectivity index (χ3v) is 1.41. The molecule has 0 heterocycles. The number of carbonyl (C=O) groups is 2. The first-order valence-corrected chi connectivity index (χ1v) is 4.93. The van der Waals surface area contributed by atoms with Crippen LogP contribution in [0.5, 0.6) is 0 Å². The molecule has 6 nitrogen and oxygen atoms in total. The maximum Gasteiger partial charge on any atom is 0.510 e. The van der Waals surface area contributed by atoms with Crippen molar-refractivity contribution in [3.8, 4) is 0 Å². The van der Waals surface area contributed by atoms with Gasteiger partial charge in [0.15, 0.2) is 0 Å². The van der Waals surface area contributed by atoms with Crippen LogP contribution in [-0.4, -0.2) is 25.0 Å². The smallest absolute Gasteiger partial charge is 0.434 e. The van der Waals surface area contributed by atoms with Crippen molar-refractivity contribution in [3.63, 3.8) is 0 Å². The molecule has 0 aromatic heterocycles. The molecule has 0 aliphatic carbocycles. The molecule has 0 fully saturated rings. The molecular weight excluding hydrogens is 216 g/mol. The Morgan fingerprint density at radius 2 is 2.12 bits per heavy atom. The zero-order valence-corrected chi connectivity index (χ0v) is 9.43. The van der Waals surface area contributed by atoms with Gasteiger partial charge >= 0.3 is 12.1 Å². The molecule has 0 N–H and O–H groups in total. The van der Waals surface area contributed by atoms with Gasteiger partial charge in [-0.15, -0.1) is 4.89 Å². The van der Waals surface area contributed by atoms with Crippen LogP contribution < -0.4 is 0 Å². The highest BCUT2D eigenvalue weighted by atomic mass is 17.2. The highest BCUT2D eigenvalue weighted by molar-refractivity contribution is 5.80. The highest BCUT2D eigenvalue weighted by Crippen LogP contribution is 1.99. The van der Waals surface area contributed by atoms with Gasteiger partial charge in [0.1, 0.15) is 0 Å². The van der Waals surface area contributed by atoms with E-state index >= 15 is 0 Å². The fourth-order valence-corrected chi connectivity index (χ4v) is 0.638. The zero-order valence-electron chi connectivity index (χ0n) is 9.43. The van der Waals surface area contributed by atoms with Crippen LogP contribution in [0, 0.1) is 0 Å². The van der Waals surface area contributed by atoms with Gasteiger partial charge in [-0.2, -0.15) is 0 Å². The molecule has 1 atom stereocenters. The molecule has 0 aliphatic heterocycles. The summed E-state index contributed by atoms with van der Waals surface area (Å²) in [6.45, 7) is 6.80. The Labute approximate surface area is 94.0 Å². The van der Waals surface area contributed by atoms with Crippen molar-refractivity contribution in [1.29, 1.82) is 0 Å². The summed E-state index contributed by atoms with van der Waals surface area (Å²) in [5.41, 5.74) is 0. The molecule has 0 rings (SSSR count). The standard InChI is InChI=1S/C10H16O6/c1-4-6-7-13-10(12)14-8(3)15-16-9(11)5-2/h5,8H,2,4,6-7H2,1,3H3. The van der Waals surface area contributed by atoms with Crippen LogP contribution in [0.25, 0.3) is 0 Å². The maximum absolute atomic E-state index is 11.0. The number of ether oxygens (including phenoxy) is 2. The molecule has 0 radical (unpaired) electrons. The SMILES string of the molecule is C=CC(=O)OOC(C)OC(=O)OCCCC. The second kappa shape index (κ2) is 8.72. The van der Waals surface area contributed by atoms with Gasteiger partial charge in [-0.1, -0.05) is 19.9 Å². The lowest BCUT2D eigenvalue weighted by Gasteiger charge is -2.11. The number of hydrogen-bond donors (Lipinski definition) is 0. The summed E-state index contributed by atoms with van der Waals surface area (Å²) >= 11 is 0. The maximum atomic E-state index is 11.0. The van der Waals surface area contributed by atoms with E-state index in [0.717, 1.165) is 18.9 Å². The van der Waals surface area contributed by atoms with Crippen molar-refractivity contribution < 1.29 is 28.8 Å². The molecule has 1 unspecified atom stereocenters. The second-order valence-corrected chi connectivity index (χ2v) is 2.84. The Bertz CT molecular complexity index is 237. The predicted molar refractivity (Wildman–Crippen MR) is 54.2 cm³/mol. The monoisotopic (exact) mass is 232 g/mol. The van der Waals surface area contributed by atoms with Crippen LogP contribution in [-0.2, 0) is 24.0 Å². The van der Waals surface area contributed by atoms with Crippen LogP contribution in [0.2, 0.25) is 0 Å². The van der Waals surface area contributed by atoms with E-state index in [1.165, 1.54) is 6.92 Å². The van der Waals surface area contributed by atoms with Gasteiger partial charge in [0.25, 0.3) is 0 Å². The summed E-state index contributed by atoms with van der Waals surface area (Å²) in [6.07, 6.45) is 0.701. The van der Waals surface area contributed by atoms with Crippen molar-refractivity contribution in [2.24, 2.45) is 0 Å². The fourth-order valence-electron chi connectivity index (χ4n) is 0.638. The van der Waals surface area contributed by atoms with E-state index in [-0.39, 0.29) is 6.61 Å². The largest absolute Gasteiger partial charge is 0.510 e. The van der Waals surface area contributed by atoms with E-state index in [1.54, 1.807) is 0 Å². The van der Waals surface area contributed by atoms with Gasteiger partial charge in [0, 0.05) is 13.0 Å². The van der Waals surface area contributed by atoms with Crippen molar-refractivity contribution in [2.75, 3.05) is 6.61 Å². The molecule has 0 saturated heterocycles. The van der Waals surface area contributed by atoms with E-state index in [4.69, 9.17) is 0 Å². The van der Waals surface area contributed by atoms with E-state index in [9.17, 15) is 9.59 Å². The van der Waals surface area contributed by atoms with Gasteiger partial charge < -0.3 is 9.47 Å². The van der Waals surface area contributed by atoms with E-state index in [0.29, 0.717) is 0 Å². The first-order valence-electron chi connectivity index (χ1n) is 4.93. The third-order valence-electron chi connectivity index (χ3n) is 1.41. The van der Waals surface area contributed by atoms with Gasteiger partial charge in [-0.3, -0.25) is 4.89 Å². The molecule has 0 bridgehead atoms. The Morgan fingerprint density at radius 1 is 1.44 bits per heavy atom. The lowest BCUT2D eigenvalue weighted by Crippen LogP contribution is -2.20. The minimum Gasteiger partial charge on any atom is -0.434 e. The summed E-state index contributed by atoms with van der Waals surface area (Å²) in [6, 6.07) is 0. The average Bonchev–Trinajstić information content (AvgIpc) is 2.26. The van der Waals surface area contributed by atoms with Crippen LogP contribution in [0.3, 0.4) is 0 Å². The molecule has 92 valence electrons. The third kappa shape index (κ3) is 7.81. The summed E-state index contributed by atoms with van der Waals surface area (Å²) in [5, 5.41) is 0. The summed E-state index contributed by atoms with van der Waals surface area (Å²) in [4.78, 5) is 30.2. The number of hydrogen-bond acceptors (Lipinski definition) is 6. The Hall–Kier alpha value is -1.56. The lowest BCUT2D eigenvalue weighted by molar-refractivity contribution is -0.334. The molecule has 0 saturated carbocycles. The van der Waals surface area contributed by atoms with Crippen LogP contribution in [0.1, 0.15) is 26.7 Å². The van der Waals surface area contributed by atoms with Crippen molar-refractivity contribution in [2.45, 2.75) is 33.0 Å². The van der Waals surface area contributed by atoms with E-state index < -0.39 is 18.4 Å². The topological polar surface area (TPSA) is 71.1 Å². The Balaban J connectivity index is 3.61. The minimum absolute atomic E-state index is 0.286. The number of rotatable bonds is 7. The molecule has 0 amide bonds. The van der Waals surface area contributed by atoms with Crippen molar-refractivity contribution in [3.05, 3.63) is 12.7 Å². The Kier molecular flexibility index (Phi) is 7.87. The molecule has 0 aliphatic rings. The molecule has 0 aromatic carbocycles. The first-order chi connectivity index (χ1) is 7.60. The fraction of sp³-hybridized carbons (Fsp3) is 0.600. The molecule has 0 aromatic rings. The predicted octanol–water partition coefficient (Wildman–Crippen LogP) is 1.95. The number of unbranched alkanes of at least 4 members (excludes halogenated alkanes) is 1. The summed E-state index contributed by atoms with van der Waals surface area (Å²) < 4.78 is 9.28. The van der Waals surface area contributed by atoms with Crippen LogP contribution in [0.4, 0.5) is 4.79 Å². The zero-order chi connectivity index (χ0) is 12.4.